The third-order valence-corrected chi connectivity index (χ3v) is 3.61. The fourth-order valence-corrected chi connectivity index (χ4v) is 2.35. The molecule has 0 bridgehead atoms. The summed E-state index contributed by atoms with van der Waals surface area (Å²) in [5.41, 5.74) is 1.14. The van der Waals surface area contributed by atoms with E-state index in [2.05, 4.69) is 0 Å². The van der Waals surface area contributed by atoms with E-state index in [9.17, 15) is 15.0 Å². The molecule has 19 heavy (non-hydrogen) atoms. The molecule has 0 aliphatic heterocycles. The van der Waals surface area contributed by atoms with Gasteiger partial charge in [0, 0.05) is 0 Å². The minimum atomic E-state index is -0.888. The van der Waals surface area contributed by atoms with Crippen molar-refractivity contribution in [2.45, 2.75) is 51.6 Å². The summed E-state index contributed by atoms with van der Waals surface area (Å²) in [5, 5.41) is 19.4. The number of hydrogen-bond acceptors (Lipinski definition) is 2. The summed E-state index contributed by atoms with van der Waals surface area (Å²) in [5.74, 6) is -1.37. The Kier molecular flexibility index (Phi) is 6.57. The van der Waals surface area contributed by atoms with Crippen molar-refractivity contribution in [3.8, 4) is 0 Å². The molecule has 0 aliphatic rings. The maximum atomic E-state index is 11.2. The molecule has 3 nitrogen and oxygen atoms in total. The number of aliphatic carboxylic acids is 1. The van der Waals surface area contributed by atoms with Crippen molar-refractivity contribution < 1.29 is 15.0 Å². The summed E-state index contributed by atoms with van der Waals surface area (Å²) in [7, 11) is 0. The van der Waals surface area contributed by atoms with Crippen molar-refractivity contribution in [3.63, 3.8) is 0 Å². The van der Waals surface area contributed by atoms with E-state index in [0.29, 0.717) is 12.8 Å². The van der Waals surface area contributed by atoms with Crippen LogP contribution in [-0.2, 0) is 4.79 Å². The zero-order valence-electron chi connectivity index (χ0n) is 11.7. The number of aliphatic hydroxyl groups excluding tert-OH is 1. The van der Waals surface area contributed by atoms with E-state index in [1.165, 1.54) is 0 Å². The van der Waals surface area contributed by atoms with Gasteiger partial charge in [-0.1, -0.05) is 57.0 Å². The van der Waals surface area contributed by atoms with Crippen LogP contribution in [0.15, 0.2) is 30.3 Å². The second-order valence-corrected chi connectivity index (χ2v) is 5.20. The van der Waals surface area contributed by atoms with Crippen LogP contribution in [0.25, 0.3) is 0 Å². The number of unbranched alkanes of at least 4 members (excludes halogenated alkanes) is 1. The molecule has 0 fully saturated rings. The highest BCUT2D eigenvalue weighted by Gasteiger charge is 2.27. The lowest BCUT2D eigenvalue weighted by Crippen LogP contribution is -2.29. The number of hydrogen-bond donors (Lipinski definition) is 2. The van der Waals surface area contributed by atoms with Crippen molar-refractivity contribution in [2.24, 2.45) is 5.92 Å². The molecule has 3 heteroatoms. The van der Waals surface area contributed by atoms with Crippen LogP contribution in [-0.4, -0.2) is 22.3 Å². The molecule has 0 spiro atoms. The van der Waals surface area contributed by atoms with Gasteiger partial charge in [0.1, 0.15) is 0 Å². The summed E-state index contributed by atoms with van der Waals surface area (Å²) < 4.78 is 0. The number of carboxylic acid groups (broad SMARTS) is 1. The summed E-state index contributed by atoms with van der Waals surface area (Å²) >= 11 is 0. The smallest absolute Gasteiger partial charge is 0.309 e. The van der Waals surface area contributed by atoms with Gasteiger partial charge in [-0.05, 0) is 24.3 Å². The highest BCUT2D eigenvalue weighted by atomic mass is 16.4. The molecule has 0 aromatic heterocycles. The molecule has 0 saturated heterocycles. The molecule has 1 aromatic rings. The Bertz CT molecular complexity index is 375. The first kappa shape index (κ1) is 15.7. The number of carbonyl (C=O) groups is 1. The average Bonchev–Trinajstić information content (AvgIpc) is 2.39. The van der Waals surface area contributed by atoms with Crippen LogP contribution in [0.2, 0.25) is 0 Å². The van der Waals surface area contributed by atoms with Crippen LogP contribution in [0, 0.1) is 5.92 Å². The van der Waals surface area contributed by atoms with Gasteiger partial charge in [0.25, 0.3) is 0 Å². The average molecular weight is 264 g/mol. The maximum absolute atomic E-state index is 11.2. The van der Waals surface area contributed by atoms with Gasteiger partial charge in [0.05, 0.1) is 12.0 Å². The van der Waals surface area contributed by atoms with E-state index in [1.54, 1.807) is 0 Å². The standard InChI is InChI=1S/C16H24O3/c1-3-4-10-14(16(18)19)15(17)11-12(2)13-8-6-5-7-9-13/h5-9,12,14-15,17H,3-4,10-11H2,1-2H3,(H,18,19). The van der Waals surface area contributed by atoms with Crippen LogP contribution >= 0.6 is 0 Å². The summed E-state index contributed by atoms with van der Waals surface area (Å²) in [6.45, 7) is 4.05. The van der Waals surface area contributed by atoms with Crippen molar-refractivity contribution in [2.75, 3.05) is 0 Å². The van der Waals surface area contributed by atoms with Gasteiger partial charge in [0.15, 0.2) is 0 Å². The van der Waals surface area contributed by atoms with Gasteiger partial charge in [-0.3, -0.25) is 4.79 Å². The normalized spacial score (nSPS) is 15.7. The highest BCUT2D eigenvalue weighted by molar-refractivity contribution is 5.70. The van der Waals surface area contributed by atoms with Gasteiger partial charge < -0.3 is 10.2 Å². The summed E-state index contributed by atoms with van der Waals surface area (Å²) in [6.07, 6.45) is 2.05. The monoisotopic (exact) mass is 264 g/mol. The molecule has 0 aliphatic carbocycles. The van der Waals surface area contributed by atoms with E-state index in [-0.39, 0.29) is 5.92 Å². The van der Waals surface area contributed by atoms with Crippen molar-refractivity contribution in [1.29, 1.82) is 0 Å². The summed E-state index contributed by atoms with van der Waals surface area (Å²) in [4.78, 5) is 11.2. The molecule has 0 radical (unpaired) electrons. The number of carboxylic acids is 1. The van der Waals surface area contributed by atoms with E-state index in [1.807, 2.05) is 44.2 Å². The molecule has 3 atom stereocenters. The first-order chi connectivity index (χ1) is 9.06. The second-order valence-electron chi connectivity index (χ2n) is 5.20. The molecule has 1 aromatic carbocycles. The Hall–Kier alpha value is -1.35. The quantitative estimate of drug-likeness (QED) is 0.756. The van der Waals surface area contributed by atoms with Crippen LogP contribution < -0.4 is 0 Å². The Morgan fingerprint density at radius 1 is 1.26 bits per heavy atom. The van der Waals surface area contributed by atoms with Crippen LogP contribution in [0.1, 0.15) is 51.0 Å². The van der Waals surface area contributed by atoms with Crippen LogP contribution in [0.5, 0.6) is 0 Å². The van der Waals surface area contributed by atoms with Gasteiger partial charge in [-0.2, -0.15) is 0 Å². The Balaban J connectivity index is 2.60. The van der Waals surface area contributed by atoms with Gasteiger partial charge in [0.2, 0.25) is 0 Å². The minimum absolute atomic E-state index is 0.166. The zero-order valence-corrected chi connectivity index (χ0v) is 11.7. The minimum Gasteiger partial charge on any atom is -0.481 e. The Labute approximate surface area is 115 Å². The third-order valence-electron chi connectivity index (χ3n) is 3.61. The van der Waals surface area contributed by atoms with Crippen LogP contribution in [0.4, 0.5) is 0 Å². The molecular formula is C16H24O3. The molecule has 1 rings (SSSR count). The number of aliphatic hydroxyl groups is 1. The van der Waals surface area contributed by atoms with Crippen molar-refractivity contribution in [1.82, 2.24) is 0 Å². The Morgan fingerprint density at radius 2 is 1.89 bits per heavy atom. The molecule has 0 heterocycles. The topological polar surface area (TPSA) is 57.5 Å². The second kappa shape index (κ2) is 7.95. The highest BCUT2D eigenvalue weighted by Crippen LogP contribution is 2.25. The third kappa shape index (κ3) is 5.03. The fourth-order valence-electron chi connectivity index (χ4n) is 2.35. The Morgan fingerprint density at radius 3 is 2.42 bits per heavy atom. The van der Waals surface area contributed by atoms with Gasteiger partial charge in [-0.15, -0.1) is 0 Å². The largest absolute Gasteiger partial charge is 0.481 e. The van der Waals surface area contributed by atoms with E-state index < -0.39 is 18.0 Å². The maximum Gasteiger partial charge on any atom is 0.309 e. The lowest BCUT2D eigenvalue weighted by atomic mass is 9.87. The first-order valence-electron chi connectivity index (χ1n) is 7.02. The van der Waals surface area contributed by atoms with Gasteiger partial charge >= 0.3 is 5.97 Å². The zero-order chi connectivity index (χ0) is 14.3. The van der Waals surface area contributed by atoms with Crippen LogP contribution in [0.3, 0.4) is 0 Å². The lowest BCUT2D eigenvalue weighted by molar-refractivity contribution is -0.146. The fraction of sp³-hybridized carbons (Fsp3) is 0.562. The van der Waals surface area contributed by atoms with E-state index >= 15 is 0 Å². The van der Waals surface area contributed by atoms with E-state index in [4.69, 9.17) is 0 Å². The van der Waals surface area contributed by atoms with Crippen molar-refractivity contribution in [3.05, 3.63) is 35.9 Å². The van der Waals surface area contributed by atoms with Crippen molar-refractivity contribution >= 4 is 5.97 Å². The van der Waals surface area contributed by atoms with Gasteiger partial charge in [-0.25, -0.2) is 0 Å². The molecule has 0 saturated carbocycles. The molecule has 3 unspecified atom stereocenters. The predicted molar refractivity (Wildman–Crippen MR) is 76.1 cm³/mol. The SMILES string of the molecule is CCCCC(C(=O)O)C(O)CC(C)c1ccccc1. The summed E-state index contributed by atoms with van der Waals surface area (Å²) in [6, 6.07) is 9.90. The molecule has 2 N–H and O–H groups in total. The predicted octanol–water partition coefficient (Wildman–Crippen LogP) is 3.43. The number of benzene rings is 1. The first-order valence-corrected chi connectivity index (χ1v) is 7.02. The van der Waals surface area contributed by atoms with E-state index in [0.717, 1.165) is 18.4 Å². The molecule has 0 amide bonds. The molecule has 106 valence electrons. The number of rotatable bonds is 8. The lowest BCUT2D eigenvalue weighted by Gasteiger charge is -2.22. The molecular weight excluding hydrogens is 240 g/mol.